The van der Waals surface area contributed by atoms with Gasteiger partial charge >= 0.3 is 0 Å². The third kappa shape index (κ3) is 6.08. The van der Waals surface area contributed by atoms with Crippen LogP contribution in [0.3, 0.4) is 0 Å². The van der Waals surface area contributed by atoms with Crippen molar-refractivity contribution in [2.24, 2.45) is 0 Å². The van der Waals surface area contributed by atoms with Crippen LogP contribution in [0.5, 0.6) is 5.75 Å². The highest BCUT2D eigenvalue weighted by Gasteiger charge is 2.18. The van der Waals surface area contributed by atoms with Crippen LogP contribution in [0, 0.1) is 6.92 Å². The first-order chi connectivity index (χ1) is 17.7. The number of aliphatic hydroxyl groups excluding tert-OH is 1. The summed E-state index contributed by atoms with van der Waals surface area (Å²) >= 11 is 0. The van der Waals surface area contributed by atoms with Crippen molar-refractivity contribution < 1.29 is 27.0 Å². The van der Waals surface area contributed by atoms with Crippen molar-refractivity contribution in [2.45, 2.75) is 31.6 Å². The Morgan fingerprint density at radius 1 is 1.16 bits per heavy atom. The molecule has 0 unspecified atom stereocenters. The van der Waals surface area contributed by atoms with Crippen LogP contribution in [0.4, 0.5) is 8.78 Å². The first-order valence-corrected chi connectivity index (χ1v) is 13.9. The summed E-state index contributed by atoms with van der Waals surface area (Å²) in [5, 5.41) is 10.9. The van der Waals surface area contributed by atoms with Crippen LogP contribution in [0.2, 0.25) is 0 Å². The van der Waals surface area contributed by atoms with E-state index in [1.165, 1.54) is 4.90 Å². The van der Waals surface area contributed by atoms with Crippen molar-refractivity contribution in [2.75, 3.05) is 38.6 Å². The predicted molar refractivity (Wildman–Crippen MR) is 141 cm³/mol. The number of aromatic nitrogens is 2. The number of alkyl halides is 2. The maximum atomic E-state index is 12.8. The molecule has 0 saturated carbocycles. The Morgan fingerprint density at radius 2 is 1.97 bits per heavy atom. The molecule has 0 fully saturated rings. The molecule has 0 radical (unpaired) electrons. The summed E-state index contributed by atoms with van der Waals surface area (Å²) in [5.41, 5.74) is 4.01. The number of nitrogens with one attached hydrogen (secondary N) is 1. The number of hydrogen-bond acceptors (Lipinski definition) is 6. The molecule has 0 aliphatic rings. The number of sulfone groups is 1. The number of aryl methyl sites for hydroxylation is 1. The molecule has 0 aliphatic carbocycles. The van der Waals surface area contributed by atoms with Gasteiger partial charge in [-0.15, -0.1) is 0 Å². The summed E-state index contributed by atoms with van der Waals surface area (Å²) in [7, 11) is -3.37. The molecule has 0 amide bonds. The first-order valence-electron chi connectivity index (χ1n) is 12.2. The van der Waals surface area contributed by atoms with Crippen molar-refractivity contribution in [3.05, 3.63) is 54.2 Å². The van der Waals surface area contributed by atoms with Gasteiger partial charge in [-0.3, -0.25) is 4.90 Å². The third-order valence-corrected chi connectivity index (χ3v) is 8.01. The fraction of sp³-hybridized carbons (Fsp3) is 0.370. The van der Waals surface area contributed by atoms with Gasteiger partial charge in [0.2, 0.25) is 0 Å². The van der Waals surface area contributed by atoms with Gasteiger partial charge in [-0.05, 0) is 60.4 Å². The summed E-state index contributed by atoms with van der Waals surface area (Å²) < 4.78 is 56.6. The number of hydrogen-bond donors (Lipinski definition) is 2. The Labute approximate surface area is 215 Å². The Kier molecular flexibility index (Phi) is 8.41. The molecular formula is C27H31F2N3O4S. The van der Waals surface area contributed by atoms with Crippen LogP contribution in [0.15, 0.2) is 53.6 Å². The molecule has 2 heterocycles. The van der Waals surface area contributed by atoms with Crippen LogP contribution in [0.1, 0.15) is 18.9 Å². The van der Waals surface area contributed by atoms with Gasteiger partial charge in [0.25, 0.3) is 6.43 Å². The minimum atomic E-state index is -3.37. The topological polar surface area (TPSA) is 95.5 Å². The zero-order chi connectivity index (χ0) is 26.6. The summed E-state index contributed by atoms with van der Waals surface area (Å²) in [6.07, 6.45) is -0.192. The molecule has 4 aromatic rings. The number of H-pyrrole nitrogens is 1. The van der Waals surface area contributed by atoms with Crippen molar-refractivity contribution in [3.63, 3.8) is 0 Å². The van der Waals surface area contributed by atoms with E-state index in [2.05, 4.69) is 9.97 Å². The Hall–Kier alpha value is -3.08. The van der Waals surface area contributed by atoms with Gasteiger partial charge in [-0.2, -0.15) is 0 Å². The molecule has 0 bridgehead atoms. The Morgan fingerprint density at radius 3 is 2.70 bits per heavy atom. The van der Waals surface area contributed by atoms with Crippen LogP contribution in [-0.4, -0.2) is 73.4 Å². The highest BCUT2D eigenvalue weighted by molar-refractivity contribution is 7.91. The highest BCUT2D eigenvalue weighted by atomic mass is 32.2. The molecule has 0 atom stereocenters. The van der Waals surface area contributed by atoms with Crippen molar-refractivity contribution >= 4 is 31.8 Å². The predicted octanol–water partition coefficient (Wildman–Crippen LogP) is 4.81. The van der Waals surface area contributed by atoms with Gasteiger partial charge in [0.15, 0.2) is 9.84 Å². The van der Waals surface area contributed by atoms with Crippen LogP contribution < -0.4 is 4.74 Å². The number of aliphatic hydroxyl groups is 1. The monoisotopic (exact) mass is 531 g/mol. The Bertz CT molecular complexity index is 1490. The van der Waals surface area contributed by atoms with E-state index in [9.17, 15) is 17.2 Å². The van der Waals surface area contributed by atoms with E-state index in [0.717, 1.165) is 33.0 Å². The molecule has 0 saturated heterocycles. The van der Waals surface area contributed by atoms with Crippen molar-refractivity contribution in [1.29, 1.82) is 0 Å². The van der Waals surface area contributed by atoms with Crippen LogP contribution >= 0.6 is 0 Å². The van der Waals surface area contributed by atoms with Gasteiger partial charge in [0.1, 0.15) is 11.4 Å². The van der Waals surface area contributed by atoms with E-state index < -0.39 is 16.3 Å². The fourth-order valence-corrected chi connectivity index (χ4v) is 5.38. The SMILES string of the molecule is CCS(=O)(=O)c1cccc(-c2ccc(OCCCN(CCO)CC(F)F)c3[nH]c4ncc(C)cc4c23)c1. The normalized spacial score (nSPS) is 12.3. The summed E-state index contributed by atoms with van der Waals surface area (Å²) in [6.45, 7) is 3.86. The standard InChI is InChI=1S/C27H31F2N3O4S/c1-3-37(34,35)20-7-4-6-19(15-20)21-8-9-23(36-13-5-10-32(11-12-33)17-24(28)29)26-25(21)22-14-18(2)16-30-27(22)31-26/h4,6-9,14-16,24,33H,3,5,10-13,17H2,1-2H3,(H,30,31). The lowest BCUT2D eigenvalue weighted by atomic mass is 9.99. The lowest BCUT2D eigenvalue weighted by molar-refractivity contribution is 0.0755. The number of halogens is 2. The number of benzene rings is 2. The van der Waals surface area contributed by atoms with Gasteiger partial charge in [-0.1, -0.05) is 19.1 Å². The van der Waals surface area contributed by atoms with Gasteiger partial charge < -0.3 is 14.8 Å². The minimum Gasteiger partial charge on any atom is -0.491 e. The lowest BCUT2D eigenvalue weighted by Crippen LogP contribution is -2.33. The molecule has 0 aliphatic heterocycles. The average Bonchev–Trinajstić information content (AvgIpc) is 3.25. The molecular weight excluding hydrogens is 500 g/mol. The molecule has 198 valence electrons. The highest BCUT2D eigenvalue weighted by Crippen LogP contribution is 2.39. The quantitative estimate of drug-likeness (QED) is 0.255. The van der Waals surface area contributed by atoms with E-state index in [4.69, 9.17) is 9.84 Å². The van der Waals surface area contributed by atoms with Crippen LogP contribution in [-0.2, 0) is 9.84 Å². The summed E-state index contributed by atoms with van der Waals surface area (Å²) in [4.78, 5) is 9.65. The molecule has 7 nitrogen and oxygen atoms in total. The van der Waals surface area contributed by atoms with Gasteiger partial charge in [-0.25, -0.2) is 22.2 Å². The smallest absolute Gasteiger partial charge is 0.251 e. The Balaban J connectivity index is 1.69. The first kappa shape index (κ1) is 27.0. The van der Waals surface area contributed by atoms with Crippen molar-refractivity contribution in [1.82, 2.24) is 14.9 Å². The van der Waals surface area contributed by atoms with E-state index in [-0.39, 0.29) is 30.3 Å². The fourth-order valence-electron chi connectivity index (χ4n) is 4.45. The zero-order valence-corrected chi connectivity index (χ0v) is 21.7. The molecule has 4 rings (SSSR count). The van der Waals surface area contributed by atoms with Crippen LogP contribution in [0.25, 0.3) is 33.1 Å². The van der Waals surface area contributed by atoms with E-state index in [1.807, 2.05) is 31.2 Å². The number of pyridine rings is 1. The number of rotatable bonds is 12. The van der Waals surface area contributed by atoms with Gasteiger partial charge in [0, 0.05) is 30.1 Å². The van der Waals surface area contributed by atoms with E-state index in [0.29, 0.717) is 31.0 Å². The minimum absolute atomic E-state index is 0.0158. The second-order valence-electron chi connectivity index (χ2n) is 8.94. The van der Waals surface area contributed by atoms with Crippen molar-refractivity contribution in [3.8, 4) is 16.9 Å². The molecule has 0 spiro atoms. The molecule has 2 aromatic heterocycles. The number of nitrogens with zero attached hydrogens (tertiary/aromatic N) is 2. The number of aromatic amines is 1. The number of fused-ring (bicyclic) bond motifs is 3. The van der Waals surface area contributed by atoms with E-state index >= 15 is 0 Å². The maximum Gasteiger partial charge on any atom is 0.251 e. The average molecular weight is 532 g/mol. The second kappa shape index (κ2) is 11.5. The third-order valence-electron chi connectivity index (χ3n) is 6.28. The summed E-state index contributed by atoms with van der Waals surface area (Å²) in [6, 6.07) is 12.7. The zero-order valence-electron chi connectivity index (χ0n) is 20.9. The number of ether oxygens (including phenoxy) is 1. The maximum absolute atomic E-state index is 12.8. The lowest BCUT2D eigenvalue weighted by Gasteiger charge is -2.20. The summed E-state index contributed by atoms with van der Waals surface area (Å²) in [5.74, 6) is 0.608. The van der Waals surface area contributed by atoms with E-state index in [1.54, 1.807) is 31.3 Å². The molecule has 37 heavy (non-hydrogen) atoms. The largest absolute Gasteiger partial charge is 0.491 e. The molecule has 10 heteroatoms. The molecule has 2 N–H and O–H groups in total. The molecule has 2 aromatic carbocycles. The second-order valence-corrected chi connectivity index (χ2v) is 11.2. The van der Waals surface area contributed by atoms with Gasteiger partial charge in [0.05, 0.1) is 35.9 Å².